The molecule has 15 heavy (non-hydrogen) atoms. The van der Waals surface area contributed by atoms with Crippen molar-refractivity contribution in [1.29, 1.82) is 0 Å². The summed E-state index contributed by atoms with van der Waals surface area (Å²) in [6, 6.07) is 2.18. The van der Waals surface area contributed by atoms with Gasteiger partial charge in [0, 0.05) is 19.3 Å². The van der Waals surface area contributed by atoms with E-state index in [9.17, 15) is 4.79 Å². The van der Waals surface area contributed by atoms with Crippen molar-refractivity contribution in [3.63, 3.8) is 0 Å². The van der Waals surface area contributed by atoms with Crippen LogP contribution in [-0.4, -0.2) is 21.9 Å². The van der Waals surface area contributed by atoms with Crippen LogP contribution in [0, 0.1) is 0 Å². The highest BCUT2D eigenvalue weighted by Crippen LogP contribution is 2.17. The van der Waals surface area contributed by atoms with E-state index in [1.807, 2.05) is 19.3 Å². The van der Waals surface area contributed by atoms with Crippen molar-refractivity contribution in [2.45, 2.75) is 31.8 Å². The van der Waals surface area contributed by atoms with Gasteiger partial charge < -0.3 is 10.6 Å². The third-order valence-electron chi connectivity index (χ3n) is 2.64. The van der Waals surface area contributed by atoms with Crippen molar-refractivity contribution >= 4 is 6.03 Å². The predicted octanol–water partition coefficient (Wildman–Crippen LogP) is 0.772. The van der Waals surface area contributed by atoms with Gasteiger partial charge in [0.25, 0.3) is 0 Å². The Morgan fingerprint density at radius 3 is 3.00 bits per heavy atom. The molecule has 0 saturated heterocycles. The van der Waals surface area contributed by atoms with Gasteiger partial charge in [-0.25, -0.2) is 4.79 Å². The number of amides is 2. The average molecular weight is 208 g/mol. The summed E-state index contributed by atoms with van der Waals surface area (Å²) in [5.74, 6) is 0. The number of hydrogen-bond donors (Lipinski definition) is 2. The topological polar surface area (TPSA) is 59.0 Å². The van der Waals surface area contributed by atoms with Gasteiger partial charge in [-0.1, -0.05) is 0 Å². The molecule has 82 valence electrons. The largest absolute Gasteiger partial charge is 0.335 e. The maximum absolute atomic E-state index is 11.4. The molecule has 1 fully saturated rings. The van der Waals surface area contributed by atoms with Gasteiger partial charge in [0.1, 0.15) is 0 Å². The third-order valence-corrected chi connectivity index (χ3v) is 2.64. The summed E-state index contributed by atoms with van der Waals surface area (Å²) in [7, 11) is 1.86. The Hall–Kier alpha value is -1.52. The Labute approximate surface area is 88.8 Å². The van der Waals surface area contributed by atoms with Crippen LogP contribution in [0.25, 0.3) is 0 Å². The van der Waals surface area contributed by atoms with E-state index in [0.717, 1.165) is 18.5 Å². The molecule has 2 rings (SSSR count). The van der Waals surface area contributed by atoms with E-state index in [0.29, 0.717) is 12.6 Å². The van der Waals surface area contributed by atoms with Gasteiger partial charge in [-0.3, -0.25) is 4.68 Å². The molecule has 2 N–H and O–H groups in total. The number of carbonyl (C=O) groups is 1. The highest BCUT2D eigenvalue weighted by atomic mass is 16.2. The summed E-state index contributed by atoms with van der Waals surface area (Å²) in [6.07, 6.45) is 5.31. The molecule has 5 heteroatoms. The van der Waals surface area contributed by atoms with Gasteiger partial charge in [0.2, 0.25) is 0 Å². The molecule has 0 unspecified atom stereocenters. The molecular weight excluding hydrogens is 192 g/mol. The lowest BCUT2D eigenvalue weighted by Crippen LogP contribution is -2.44. The van der Waals surface area contributed by atoms with Crippen LogP contribution in [-0.2, 0) is 13.6 Å². The first kappa shape index (κ1) is 10.0. The van der Waals surface area contributed by atoms with E-state index in [4.69, 9.17) is 0 Å². The molecule has 1 aliphatic rings. The normalized spacial score (nSPS) is 15.8. The quantitative estimate of drug-likeness (QED) is 0.771. The van der Waals surface area contributed by atoms with Crippen LogP contribution in [0.2, 0.25) is 0 Å². The fraction of sp³-hybridized carbons (Fsp3) is 0.600. The zero-order chi connectivity index (χ0) is 10.7. The number of aryl methyl sites for hydroxylation is 1. The summed E-state index contributed by atoms with van der Waals surface area (Å²) in [5, 5.41) is 9.86. The van der Waals surface area contributed by atoms with Gasteiger partial charge >= 0.3 is 6.03 Å². The van der Waals surface area contributed by atoms with Gasteiger partial charge in [-0.05, 0) is 25.3 Å². The molecule has 0 radical (unpaired) electrons. The molecule has 1 heterocycles. The lowest BCUT2D eigenvalue weighted by atomic mass is 9.93. The number of carbonyl (C=O) groups excluding carboxylic acids is 1. The fourth-order valence-electron chi connectivity index (χ4n) is 1.52. The molecule has 1 saturated carbocycles. The van der Waals surface area contributed by atoms with Crippen LogP contribution >= 0.6 is 0 Å². The molecule has 5 nitrogen and oxygen atoms in total. The summed E-state index contributed by atoms with van der Waals surface area (Å²) in [5.41, 5.74) is 0.876. The van der Waals surface area contributed by atoms with Crippen LogP contribution in [0.4, 0.5) is 4.79 Å². The molecule has 1 aliphatic carbocycles. The molecule has 2 amide bonds. The second kappa shape index (κ2) is 4.33. The Morgan fingerprint density at radius 1 is 1.67 bits per heavy atom. The Morgan fingerprint density at radius 2 is 2.47 bits per heavy atom. The highest BCUT2D eigenvalue weighted by Gasteiger charge is 2.18. The third kappa shape index (κ3) is 2.71. The van der Waals surface area contributed by atoms with Gasteiger partial charge in [0.15, 0.2) is 0 Å². The minimum Gasteiger partial charge on any atom is -0.335 e. The summed E-state index contributed by atoms with van der Waals surface area (Å²) in [6.45, 7) is 0.486. The maximum Gasteiger partial charge on any atom is 0.315 e. The maximum atomic E-state index is 11.4. The minimum absolute atomic E-state index is 0.0923. The molecule has 0 aliphatic heterocycles. The van der Waals surface area contributed by atoms with E-state index < -0.39 is 0 Å². The molecule has 1 aromatic heterocycles. The number of hydrogen-bond acceptors (Lipinski definition) is 2. The van der Waals surface area contributed by atoms with E-state index in [1.54, 1.807) is 4.68 Å². The Bertz CT molecular complexity index is 343. The van der Waals surface area contributed by atoms with E-state index in [-0.39, 0.29) is 6.03 Å². The standard InChI is InChI=1S/C10H16N4O/c1-14-6-5-9(13-14)7-11-10(15)12-8-3-2-4-8/h5-6,8H,2-4,7H2,1H3,(H2,11,12,15). The van der Waals surface area contributed by atoms with Gasteiger partial charge in [0.05, 0.1) is 12.2 Å². The van der Waals surface area contributed by atoms with Crippen molar-refractivity contribution in [1.82, 2.24) is 20.4 Å². The average Bonchev–Trinajstić information content (AvgIpc) is 2.55. The Kier molecular flexibility index (Phi) is 2.89. The molecule has 0 spiro atoms. The Balaban J connectivity index is 1.70. The monoisotopic (exact) mass is 208 g/mol. The van der Waals surface area contributed by atoms with E-state index in [2.05, 4.69) is 15.7 Å². The zero-order valence-corrected chi connectivity index (χ0v) is 8.86. The molecule has 0 aromatic carbocycles. The molecule has 0 bridgehead atoms. The van der Waals surface area contributed by atoms with Crippen LogP contribution in [0.3, 0.4) is 0 Å². The molecule has 1 aromatic rings. The van der Waals surface area contributed by atoms with Crippen LogP contribution in [0.1, 0.15) is 25.0 Å². The summed E-state index contributed by atoms with van der Waals surface area (Å²) in [4.78, 5) is 11.4. The van der Waals surface area contributed by atoms with E-state index in [1.165, 1.54) is 6.42 Å². The second-order valence-corrected chi connectivity index (χ2v) is 3.94. The first-order valence-corrected chi connectivity index (χ1v) is 5.27. The summed E-state index contributed by atoms with van der Waals surface area (Å²) >= 11 is 0. The number of nitrogens with one attached hydrogen (secondary N) is 2. The first-order valence-electron chi connectivity index (χ1n) is 5.27. The van der Waals surface area contributed by atoms with Crippen LogP contribution in [0.5, 0.6) is 0 Å². The van der Waals surface area contributed by atoms with Crippen LogP contribution < -0.4 is 10.6 Å². The SMILES string of the molecule is Cn1ccc(CNC(=O)NC2CCC2)n1. The van der Waals surface area contributed by atoms with Gasteiger partial charge in [-0.2, -0.15) is 5.10 Å². The zero-order valence-electron chi connectivity index (χ0n) is 8.86. The lowest BCUT2D eigenvalue weighted by molar-refractivity contribution is 0.228. The van der Waals surface area contributed by atoms with Crippen molar-refractivity contribution in [3.8, 4) is 0 Å². The predicted molar refractivity (Wildman–Crippen MR) is 56.2 cm³/mol. The van der Waals surface area contributed by atoms with Crippen molar-refractivity contribution < 1.29 is 4.79 Å². The highest BCUT2D eigenvalue weighted by molar-refractivity contribution is 5.74. The van der Waals surface area contributed by atoms with Crippen molar-refractivity contribution in [2.75, 3.05) is 0 Å². The van der Waals surface area contributed by atoms with Crippen LogP contribution in [0.15, 0.2) is 12.3 Å². The number of nitrogens with zero attached hydrogens (tertiary/aromatic N) is 2. The second-order valence-electron chi connectivity index (χ2n) is 3.94. The van der Waals surface area contributed by atoms with E-state index >= 15 is 0 Å². The molecular formula is C10H16N4O. The number of rotatable bonds is 3. The summed E-state index contributed by atoms with van der Waals surface area (Å²) < 4.78 is 1.72. The van der Waals surface area contributed by atoms with Crippen molar-refractivity contribution in [3.05, 3.63) is 18.0 Å². The first-order chi connectivity index (χ1) is 7.24. The minimum atomic E-state index is -0.0923. The van der Waals surface area contributed by atoms with Crippen molar-refractivity contribution in [2.24, 2.45) is 7.05 Å². The smallest absolute Gasteiger partial charge is 0.315 e. The lowest BCUT2D eigenvalue weighted by Gasteiger charge is -2.26. The number of urea groups is 1. The molecule has 0 atom stereocenters. The number of aromatic nitrogens is 2. The fourth-order valence-corrected chi connectivity index (χ4v) is 1.52. The van der Waals surface area contributed by atoms with Gasteiger partial charge in [-0.15, -0.1) is 0 Å².